The monoisotopic (exact) mass is 413 g/mol. The molecule has 30 heavy (non-hydrogen) atoms. The molecule has 2 aromatic rings. The van der Waals surface area contributed by atoms with Gasteiger partial charge in [-0.05, 0) is 49.9 Å². The third-order valence-corrected chi connectivity index (χ3v) is 5.50. The molecule has 160 valence electrons. The molecule has 3 rings (SSSR count). The maximum atomic E-state index is 14.5. The fourth-order valence-electron chi connectivity index (χ4n) is 3.93. The lowest BCUT2D eigenvalue weighted by Crippen LogP contribution is -2.45. The summed E-state index contributed by atoms with van der Waals surface area (Å²) in [5.41, 5.74) is 0.801. The van der Waals surface area contributed by atoms with E-state index in [4.69, 9.17) is 4.74 Å². The van der Waals surface area contributed by atoms with Gasteiger partial charge in [0, 0.05) is 48.8 Å². The molecule has 2 N–H and O–H groups in total. The number of rotatable bonds is 9. The van der Waals surface area contributed by atoms with Crippen LogP contribution in [0.25, 0.3) is 0 Å². The average molecular weight is 413 g/mol. The van der Waals surface area contributed by atoms with Crippen molar-refractivity contribution in [2.24, 2.45) is 0 Å². The fourth-order valence-corrected chi connectivity index (χ4v) is 3.93. The molecule has 0 saturated carbocycles. The zero-order valence-electron chi connectivity index (χ0n) is 17.4. The zero-order valence-corrected chi connectivity index (χ0v) is 17.4. The Kier molecular flexibility index (Phi) is 7.03. The van der Waals surface area contributed by atoms with Crippen LogP contribution in [-0.4, -0.2) is 35.5 Å². The minimum absolute atomic E-state index is 0.0550. The number of nitrogens with zero attached hydrogens (tertiary/aromatic N) is 1. The van der Waals surface area contributed by atoms with Crippen LogP contribution in [0.2, 0.25) is 0 Å². The van der Waals surface area contributed by atoms with Gasteiger partial charge in [0.25, 0.3) is 0 Å². The van der Waals surface area contributed by atoms with Crippen molar-refractivity contribution in [1.82, 2.24) is 15.6 Å². The van der Waals surface area contributed by atoms with E-state index in [1.54, 1.807) is 18.3 Å². The Hall–Kier alpha value is -2.96. The number of carbonyl (C=O) groups is 2. The molecule has 1 aromatic heterocycles. The summed E-state index contributed by atoms with van der Waals surface area (Å²) >= 11 is 0. The van der Waals surface area contributed by atoms with Gasteiger partial charge in [-0.3, -0.25) is 14.6 Å². The predicted octanol–water partition coefficient (Wildman–Crippen LogP) is 2.95. The normalized spacial score (nSPS) is 19.2. The van der Waals surface area contributed by atoms with E-state index >= 15 is 0 Å². The van der Waals surface area contributed by atoms with Gasteiger partial charge in [-0.2, -0.15) is 0 Å². The number of nitrogens with one attached hydrogen (secondary N) is 2. The van der Waals surface area contributed by atoms with Crippen molar-refractivity contribution in [3.8, 4) is 5.75 Å². The smallest absolute Gasteiger partial charge is 0.220 e. The predicted molar refractivity (Wildman–Crippen MR) is 112 cm³/mol. The number of hydrogen-bond donors (Lipinski definition) is 2. The number of aromatic nitrogens is 1. The maximum absolute atomic E-state index is 14.5. The van der Waals surface area contributed by atoms with Crippen molar-refractivity contribution in [2.75, 3.05) is 7.11 Å². The average Bonchev–Trinajstić information content (AvgIpc) is 3.09. The van der Waals surface area contributed by atoms with Crippen molar-refractivity contribution in [2.45, 2.75) is 57.0 Å². The molecule has 2 amide bonds. The highest BCUT2D eigenvalue weighted by Crippen LogP contribution is 2.31. The summed E-state index contributed by atoms with van der Waals surface area (Å²) in [6.45, 7) is 1.94. The van der Waals surface area contributed by atoms with Gasteiger partial charge >= 0.3 is 0 Å². The van der Waals surface area contributed by atoms with E-state index in [-0.39, 0.29) is 30.1 Å². The molecule has 0 radical (unpaired) electrons. The van der Waals surface area contributed by atoms with Gasteiger partial charge in [0.2, 0.25) is 11.8 Å². The summed E-state index contributed by atoms with van der Waals surface area (Å²) in [5, 5.41) is 5.98. The second-order valence-corrected chi connectivity index (χ2v) is 7.96. The minimum atomic E-state index is -0.617. The van der Waals surface area contributed by atoms with E-state index in [0.29, 0.717) is 43.4 Å². The molecule has 1 aliphatic heterocycles. The van der Waals surface area contributed by atoms with Crippen LogP contribution in [0.3, 0.4) is 0 Å². The molecule has 7 heteroatoms. The number of amides is 2. The first-order valence-electron chi connectivity index (χ1n) is 10.2. The number of pyridine rings is 1. The quantitative estimate of drug-likeness (QED) is 0.662. The number of methoxy groups -OCH3 is 1. The molecule has 0 bridgehead atoms. The van der Waals surface area contributed by atoms with Gasteiger partial charge in [-0.15, -0.1) is 0 Å². The summed E-state index contributed by atoms with van der Waals surface area (Å²) in [6, 6.07) is 10.4. The lowest BCUT2D eigenvalue weighted by Gasteiger charge is -2.30. The summed E-state index contributed by atoms with van der Waals surface area (Å²) < 4.78 is 19.5. The van der Waals surface area contributed by atoms with E-state index in [1.807, 2.05) is 25.1 Å². The van der Waals surface area contributed by atoms with Gasteiger partial charge in [0.15, 0.2) is 0 Å². The van der Waals surface area contributed by atoms with Crippen LogP contribution in [0.15, 0.2) is 42.6 Å². The van der Waals surface area contributed by atoms with E-state index < -0.39 is 5.54 Å². The summed E-state index contributed by atoms with van der Waals surface area (Å²) in [4.78, 5) is 28.7. The van der Waals surface area contributed by atoms with E-state index in [2.05, 4.69) is 15.6 Å². The summed E-state index contributed by atoms with van der Waals surface area (Å²) in [5.74, 6) is -0.0765. The second kappa shape index (κ2) is 9.69. The van der Waals surface area contributed by atoms with Crippen LogP contribution < -0.4 is 15.4 Å². The van der Waals surface area contributed by atoms with Crippen molar-refractivity contribution < 1.29 is 18.7 Å². The first kappa shape index (κ1) is 21.7. The molecule has 1 saturated heterocycles. The first-order valence-corrected chi connectivity index (χ1v) is 10.2. The first-order chi connectivity index (χ1) is 14.4. The van der Waals surface area contributed by atoms with E-state index in [9.17, 15) is 14.0 Å². The molecule has 2 heterocycles. The summed E-state index contributed by atoms with van der Waals surface area (Å²) in [6.07, 6.45) is 4.38. The highest BCUT2D eigenvalue weighted by molar-refractivity contribution is 5.80. The fraction of sp³-hybridized carbons (Fsp3) is 0.435. The van der Waals surface area contributed by atoms with E-state index in [1.165, 1.54) is 13.2 Å². The Morgan fingerprint density at radius 3 is 2.83 bits per heavy atom. The van der Waals surface area contributed by atoms with Crippen LogP contribution in [0.5, 0.6) is 5.75 Å². The van der Waals surface area contributed by atoms with Crippen LogP contribution in [-0.2, 0) is 22.4 Å². The molecule has 2 atom stereocenters. The molecular formula is C23H28FN3O3. The zero-order chi connectivity index (χ0) is 21.6. The molecule has 0 aliphatic carbocycles. The number of ether oxygens (including phenoxy) is 1. The van der Waals surface area contributed by atoms with Crippen LogP contribution in [0.1, 0.15) is 43.9 Å². The lowest BCUT2D eigenvalue weighted by atomic mass is 9.84. The number of hydrogen-bond acceptors (Lipinski definition) is 4. The molecule has 0 unspecified atom stereocenters. The number of halogens is 1. The Morgan fingerprint density at radius 1 is 1.37 bits per heavy atom. The number of carbonyl (C=O) groups excluding carboxylic acids is 2. The maximum Gasteiger partial charge on any atom is 0.220 e. The topological polar surface area (TPSA) is 80.3 Å². The molecule has 6 nitrogen and oxygen atoms in total. The standard InChI is InChI=1S/C23H28FN3O3/c1-16(13-18-5-3-4-12-25-18)26-21(28)8-10-23(11-9-22(29)27-23)15-17-6-7-19(30-2)14-20(17)24/h3-7,12,14,16H,8-11,13,15H2,1-2H3,(H,26,28)(H,27,29)/t16-,23+/m1/s1. The van der Waals surface area contributed by atoms with Crippen LogP contribution in [0.4, 0.5) is 4.39 Å². The van der Waals surface area contributed by atoms with E-state index in [0.717, 1.165) is 5.69 Å². The molecule has 1 aliphatic rings. The summed E-state index contributed by atoms with van der Waals surface area (Å²) in [7, 11) is 1.49. The highest BCUT2D eigenvalue weighted by Gasteiger charge is 2.38. The SMILES string of the molecule is COc1ccc(C[C@]2(CCC(=O)N[C@H](C)Cc3ccccn3)CCC(=O)N2)c(F)c1. The van der Waals surface area contributed by atoms with Crippen molar-refractivity contribution in [3.63, 3.8) is 0 Å². The van der Waals surface area contributed by atoms with Gasteiger partial charge in [-0.1, -0.05) is 12.1 Å². The van der Waals surface area contributed by atoms with Gasteiger partial charge in [-0.25, -0.2) is 4.39 Å². The molecule has 0 spiro atoms. The Bertz CT molecular complexity index is 891. The van der Waals surface area contributed by atoms with Crippen LogP contribution in [0, 0.1) is 5.82 Å². The van der Waals surface area contributed by atoms with Gasteiger partial charge < -0.3 is 15.4 Å². The highest BCUT2D eigenvalue weighted by atomic mass is 19.1. The van der Waals surface area contributed by atoms with Crippen molar-refractivity contribution >= 4 is 11.8 Å². The Balaban J connectivity index is 1.59. The molecule has 1 aromatic carbocycles. The number of benzene rings is 1. The lowest BCUT2D eigenvalue weighted by molar-refractivity contribution is -0.123. The Morgan fingerprint density at radius 2 is 2.20 bits per heavy atom. The molecule has 1 fully saturated rings. The van der Waals surface area contributed by atoms with Gasteiger partial charge in [0.05, 0.1) is 7.11 Å². The minimum Gasteiger partial charge on any atom is -0.497 e. The third-order valence-electron chi connectivity index (χ3n) is 5.50. The largest absolute Gasteiger partial charge is 0.497 e. The van der Waals surface area contributed by atoms with Crippen LogP contribution >= 0.6 is 0 Å². The molecular weight excluding hydrogens is 385 g/mol. The van der Waals surface area contributed by atoms with Crippen molar-refractivity contribution in [3.05, 3.63) is 59.7 Å². The van der Waals surface area contributed by atoms with Crippen molar-refractivity contribution in [1.29, 1.82) is 0 Å². The Labute approximate surface area is 176 Å². The third kappa shape index (κ3) is 5.78. The van der Waals surface area contributed by atoms with Gasteiger partial charge in [0.1, 0.15) is 11.6 Å². The second-order valence-electron chi connectivity index (χ2n) is 7.96.